The molecule has 1 aromatic heterocycles. The number of Topliss-reactive ketones (excluding diaryl/α,β-unsaturated/α-hetero) is 1. The maximum absolute atomic E-state index is 12.2. The van der Waals surface area contributed by atoms with E-state index < -0.39 is 0 Å². The highest BCUT2D eigenvalue weighted by Gasteiger charge is 2.10. The van der Waals surface area contributed by atoms with Crippen LogP contribution in [0.3, 0.4) is 0 Å². The average molecular weight is 390 g/mol. The standard InChI is InChI=1S/C22H22N4O3/c1-15-13-21(24-14-23-15)25-17-5-7-18(8-6-17)26-22(28)12-11-20(27)16-3-9-19(29-2)10-4-16/h3-10,13-14H,11-12H2,1-2H3,(H,26,28)(H,23,24,25). The minimum absolute atomic E-state index is 0.0810. The van der Waals surface area contributed by atoms with Gasteiger partial charge in [-0.25, -0.2) is 9.97 Å². The summed E-state index contributed by atoms with van der Waals surface area (Å²) in [4.78, 5) is 32.6. The summed E-state index contributed by atoms with van der Waals surface area (Å²) in [6.45, 7) is 1.89. The molecule has 3 aromatic rings. The second kappa shape index (κ2) is 9.45. The minimum Gasteiger partial charge on any atom is -0.497 e. The van der Waals surface area contributed by atoms with Gasteiger partial charge in [-0.3, -0.25) is 9.59 Å². The number of hydrogen-bond acceptors (Lipinski definition) is 6. The van der Waals surface area contributed by atoms with Gasteiger partial charge in [0.2, 0.25) is 5.91 Å². The van der Waals surface area contributed by atoms with Gasteiger partial charge in [0.25, 0.3) is 0 Å². The Morgan fingerprint density at radius 1 is 0.931 bits per heavy atom. The number of rotatable bonds is 8. The van der Waals surface area contributed by atoms with Gasteiger partial charge >= 0.3 is 0 Å². The van der Waals surface area contributed by atoms with Gasteiger partial charge in [-0.05, 0) is 55.5 Å². The summed E-state index contributed by atoms with van der Waals surface area (Å²) in [5, 5.41) is 5.98. The van der Waals surface area contributed by atoms with Crippen molar-refractivity contribution in [3.05, 3.63) is 72.2 Å². The van der Waals surface area contributed by atoms with Gasteiger partial charge in [-0.2, -0.15) is 0 Å². The van der Waals surface area contributed by atoms with E-state index >= 15 is 0 Å². The lowest BCUT2D eigenvalue weighted by atomic mass is 10.1. The molecular weight excluding hydrogens is 368 g/mol. The predicted molar refractivity (Wildman–Crippen MR) is 112 cm³/mol. The highest BCUT2D eigenvalue weighted by molar-refractivity contribution is 6.00. The van der Waals surface area contributed by atoms with Crippen molar-refractivity contribution in [3.63, 3.8) is 0 Å². The molecule has 0 fully saturated rings. The van der Waals surface area contributed by atoms with Gasteiger partial charge in [0.1, 0.15) is 17.9 Å². The number of nitrogens with zero attached hydrogens (tertiary/aromatic N) is 2. The Morgan fingerprint density at radius 2 is 1.62 bits per heavy atom. The number of amides is 1. The van der Waals surface area contributed by atoms with Crippen LogP contribution in [0.4, 0.5) is 17.2 Å². The van der Waals surface area contributed by atoms with E-state index in [1.807, 2.05) is 25.1 Å². The van der Waals surface area contributed by atoms with Crippen molar-refractivity contribution in [1.29, 1.82) is 0 Å². The Balaban J connectivity index is 1.49. The quantitative estimate of drug-likeness (QED) is 0.562. The van der Waals surface area contributed by atoms with Crippen LogP contribution in [-0.4, -0.2) is 28.8 Å². The number of hydrogen-bond donors (Lipinski definition) is 2. The van der Waals surface area contributed by atoms with Crippen LogP contribution in [0.5, 0.6) is 5.75 Å². The van der Waals surface area contributed by atoms with Crippen molar-refractivity contribution in [1.82, 2.24) is 9.97 Å². The number of aromatic nitrogens is 2. The molecule has 7 heteroatoms. The van der Waals surface area contributed by atoms with Crippen LogP contribution in [0, 0.1) is 6.92 Å². The molecule has 0 saturated heterocycles. The molecule has 29 heavy (non-hydrogen) atoms. The number of ether oxygens (including phenoxy) is 1. The van der Waals surface area contributed by atoms with E-state index in [1.165, 1.54) is 6.33 Å². The molecule has 1 heterocycles. The summed E-state index contributed by atoms with van der Waals surface area (Å²) >= 11 is 0. The lowest BCUT2D eigenvalue weighted by Crippen LogP contribution is -2.13. The molecule has 0 saturated carbocycles. The van der Waals surface area contributed by atoms with E-state index in [-0.39, 0.29) is 24.5 Å². The number of carbonyl (C=O) groups excluding carboxylic acids is 2. The molecule has 1 amide bonds. The van der Waals surface area contributed by atoms with E-state index in [0.29, 0.717) is 22.8 Å². The van der Waals surface area contributed by atoms with Crippen LogP contribution in [0.2, 0.25) is 0 Å². The zero-order valence-electron chi connectivity index (χ0n) is 16.3. The predicted octanol–water partition coefficient (Wildman–Crippen LogP) is 4.14. The first-order chi connectivity index (χ1) is 14.0. The number of aryl methyl sites for hydroxylation is 1. The third kappa shape index (κ3) is 5.87. The van der Waals surface area contributed by atoms with Crippen LogP contribution in [0.1, 0.15) is 28.9 Å². The summed E-state index contributed by atoms with van der Waals surface area (Å²) in [5.74, 6) is 1.10. The fourth-order valence-electron chi connectivity index (χ4n) is 2.68. The SMILES string of the molecule is COc1ccc(C(=O)CCC(=O)Nc2ccc(Nc3cc(C)ncn3)cc2)cc1. The van der Waals surface area contributed by atoms with Crippen molar-refractivity contribution < 1.29 is 14.3 Å². The first-order valence-electron chi connectivity index (χ1n) is 9.16. The molecule has 7 nitrogen and oxygen atoms in total. The van der Waals surface area contributed by atoms with Crippen molar-refractivity contribution in [2.75, 3.05) is 17.7 Å². The molecule has 0 aliphatic rings. The second-order valence-electron chi connectivity index (χ2n) is 6.45. The molecule has 0 aliphatic carbocycles. The molecule has 2 N–H and O–H groups in total. The number of benzene rings is 2. The molecule has 0 unspecified atom stereocenters. The summed E-state index contributed by atoms with van der Waals surface area (Å²) < 4.78 is 5.07. The van der Waals surface area contributed by atoms with E-state index in [2.05, 4.69) is 20.6 Å². The Bertz CT molecular complexity index is 986. The Hall–Kier alpha value is -3.74. The number of anilines is 3. The monoisotopic (exact) mass is 390 g/mol. The third-order valence-corrected chi connectivity index (χ3v) is 4.24. The highest BCUT2D eigenvalue weighted by atomic mass is 16.5. The van der Waals surface area contributed by atoms with Crippen LogP contribution >= 0.6 is 0 Å². The second-order valence-corrected chi connectivity index (χ2v) is 6.45. The summed E-state index contributed by atoms with van der Waals surface area (Å²) in [5.41, 5.74) is 2.94. The summed E-state index contributed by atoms with van der Waals surface area (Å²) in [6.07, 6.45) is 1.76. The molecule has 0 aliphatic heterocycles. The molecule has 0 bridgehead atoms. The van der Waals surface area contributed by atoms with Gasteiger partial charge in [0.15, 0.2) is 5.78 Å². The third-order valence-electron chi connectivity index (χ3n) is 4.24. The Kier molecular flexibility index (Phi) is 6.52. The van der Waals surface area contributed by atoms with E-state index in [4.69, 9.17) is 4.74 Å². The fourth-order valence-corrected chi connectivity index (χ4v) is 2.68. The fraction of sp³-hybridized carbons (Fsp3) is 0.182. The lowest BCUT2D eigenvalue weighted by molar-refractivity contribution is -0.116. The van der Waals surface area contributed by atoms with Crippen molar-refractivity contribution in [3.8, 4) is 5.75 Å². The molecule has 0 spiro atoms. The average Bonchev–Trinajstić information content (AvgIpc) is 2.73. The summed E-state index contributed by atoms with van der Waals surface area (Å²) in [7, 11) is 1.57. The van der Waals surface area contributed by atoms with Crippen LogP contribution in [0.25, 0.3) is 0 Å². The zero-order valence-corrected chi connectivity index (χ0v) is 16.3. The normalized spacial score (nSPS) is 10.3. The maximum atomic E-state index is 12.2. The molecule has 3 rings (SSSR count). The van der Waals surface area contributed by atoms with Gasteiger partial charge in [-0.1, -0.05) is 0 Å². The summed E-state index contributed by atoms with van der Waals surface area (Å²) in [6, 6.07) is 16.0. The van der Waals surface area contributed by atoms with Crippen molar-refractivity contribution in [2.45, 2.75) is 19.8 Å². The van der Waals surface area contributed by atoms with E-state index in [1.54, 1.807) is 43.5 Å². The number of carbonyl (C=O) groups is 2. The van der Waals surface area contributed by atoms with E-state index in [9.17, 15) is 9.59 Å². The van der Waals surface area contributed by atoms with Gasteiger partial charge < -0.3 is 15.4 Å². The van der Waals surface area contributed by atoms with Crippen molar-refractivity contribution >= 4 is 28.9 Å². The van der Waals surface area contributed by atoms with Crippen LogP contribution < -0.4 is 15.4 Å². The van der Waals surface area contributed by atoms with Gasteiger partial charge in [0.05, 0.1) is 7.11 Å². The smallest absolute Gasteiger partial charge is 0.224 e. The van der Waals surface area contributed by atoms with Crippen molar-refractivity contribution in [2.24, 2.45) is 0 Å². The number of methoxy groups -OCH3 is 1. The molecular formula is C22H22N4O3. The van der Waals surface area contributed by atoms with Crippen LogP contribution in [-0.2, 0) is 4.79 Å². The van der Waals surface area contributed by atoms with Crippen LogP contribution in [0.15, 0.2) is 60.9 Å². The minimum atomic E-state index is -0.209. The largest absolute Gasteiger partial charge is 0.497 e. The van der Waals surface area contributed by atoms with Gasteiger partial charge in [-0.15, -0.1) is 0 Å². The lowest BCUT2D eigenvalue weighted by Gasteiger charge is -2.08. The molecule has 2 aromatic carbocycles. The number of nitrogens with one attached hydrogen (secondary N) is 2. The van der Waals surface area contributed by atoms with E-state index in [0.717, 1.165) is 11.4 Å². The maximum Gasteiger partial charge on any atom is 0.224 e. The first-order valence-corrected chi connectivity index (χ1v) is 9.16. The topological polar surface area (TPSA) is 93.2 Å². The highest BCUT2D eigenvalue weighted by Crippen LogP contribution is 2.18. The Morgan fingerprint density at radius 3 is 2.28 bits per heavy atom. The zero-order chi connectivity index (χ0) is 20.6. The molecule has 0 radical (unpaired) electrons. The Labute approximate surface area is 169 Å². The molecule has 148 valence electrons. The molecule has 0 atom stereocenters. The van der Waals surface area contributed by atoms with Gasteiger partial charge in [0, 0.05) is 41.5 Å². The first kappa shape index (κ1) is 20.0. The number of ketones is 1.